The van der Waals surface area contributed by atoms with Crippen molar-refractivity contribution in [2.75, 3.05) is 46.0 Å². The number of unbranched alkanes of at least 4 members (excludes halogenated alkanes) is 2. The SMILES string of the molecule is C=CCO[C@@]12Oc3ccc(Oc4ccc(C)c(C)c4)cc3[C@H]3[C@H](CCCCO)[C@@H](CCCCO)C=C(C(=NOC4CCCCO4)C[C@@H]1N(C)C(=O)OCCCl)[C@H]32. The predicted molar refractivity (Wildman–Crippen MR) is 215 cm³/mol. The first-order valence-corrected chi connectivity index (χ1v) is 20.8. The van der Waals surface area contributed by atoms with Crippen LogP contribution in [0.15, 0.2) is 65.9 Å². The lowest BCUT2D eigenvalue weighted by atomic mass is 9.55. The molecule has 1 amide bonds. The summed E-state index contributed by atoms with van der Waals surface area (Å²) in [5.74, 6) is 0.389. The number of hydrogen-bond acceptors (Lipinski definition) is 10. The molecule has 7 atom stereocenters. The highest BCUT2D eigenvalue weighted by atomic mass is 35.5. The van der Waals surface area contributed by atoms with Gasteiger partial charge >= 0.3 is 6.09 Å². The van der Waals surface area contributed by atoms with Gasteiger partial charge in [0.15, 0.2) is 0 Å². The largest absolute Gasteiger partial charge is 0.459 e. The third kappa shape index (κ3) is 9.23. The number of fused-ring (bicyclic) bond motifs is 2. The number of oxime groups is 1. The summed E-state index contributed by atoms with van der Waals surface area (Å²) in [6, 6.07) is 11.3. The van der Waals surface area contributed by atoms with E-state index in [0.717, 1.165) is 67.4 Å². The number of nitrogens with zero attached hydrogens (tertiary/aromatic N) is 2. The Hall–Kier alpha value is -3.61. The predicted octanol–water partition coefficient (Wildman–Crippen LogP) is 8.56. The summed E-state index contributed by atoms with van der Waals surface area (Å²) in [6.07, 6.45) is 10.6. The number of rotatable bonds is 18. The first kappa shape index (κ1) is 42.0. The third-order valence-electron chi connectivity index (χ3n) is 11.8. The van der Waals surface area contributed by atoms with Gasteiger partial charge in [-0.3, -0.25) is 0 Å². The molecule has 0 spiro atoms. The van der Waals surface area contributed by atoms with Crippen molar-refractivity contribution in [1.29, 1.82) is 0 Å². The lowest BCUT2D eigenvalue weighted by Crippen LogP contribution is -2.69. The van der Waals surface area contributed by atoms with Crippen LogP contribution < -0.4 is 9.47 Å². The number of hydrogen-bond donors (Lipinski definition) is 2. The number of amides is 1. The Labute approximate surface area is 336 Å². The molecule has 0 bridgehead atoms. The average molecular weight is 795 g/mol. The second-order valence-electron chi connectivity index (χ2n) is 15.4. The number of alkyl halides is 1. The summed E-state index contributed by atoms with van der Waals surface area (Å²) in [7, 11) is 1.70. The summed E-state index contributed by atoms with van der Waals surface area (Å²) in [4.78, 5) is 21.5. The van der Waals surface area contributed by atoms with Gasteiger partial charge in [-0.1, -0.05) is 36.2 Å². The van der Waals surface area contributed by atoms with Gasteiger partial charge in [-0.05, 0) is 111 Å². The van der Waals surface area contributed by atoms with E-state index in [2.05, 4.69) is 38.6 Å². The highest BCUT2D eigenvalue weighted by Crippen LogP contribution is 2.62. The van der Waals surface area contributed by atoms with Crippen molar-refractivity contribution in [1.82, 2.24) is 4.90 Å². The van der Waals surface area contributed by atoms with E-state index in [1.165, 1.54) is 5.56 Å². The van der Waals surface area contributed by atoms with Crippen molar-refractivity contribution in [3.05, 3.63) is 77.4 Å². The fourth-order valence-corrected chi connectivity index (χ4v) is 9.05. The molecule has 2 fully saturated rings. The summed E-state index contributed by atoms with van der Waals surface area (Å²) >= 11 is 5.96. The number of aliphatic hydroxyl groups excluding tert-OH is 2. The van der Waals surface area contributed by atoms with E-state index in [1.807, 2.05) is 24.3 Å². The quantitative estimate of drug-likeness (QED) is 0.0660. The van der Waals surface area contributed by atoms with Crippen molar-refractivity contribution >= 4 is 23.4 Å². The topological polar surface area (TPSA) is 129 Å². The monoisotopic (exact) mass is 794 g/mol. The van der Waals surface area contributed by atoms with Crippen LogP contribution in [-0.4, -0.2) is 91.0 Å². The zero-order chi connectivity index (χ0) is 39.7. The van der Waals surface area contributed by atoms with Crippen LogP contribution in [0.25, 0.3) is 0 Å². The molecule has 6 rings (SSSR count). The first-order valence-electron chi connectivity index (χ1n) is 20.3. The Bertz CT molecular complexity index is 1710. The van der Waals surface area contributed by atoms with Crippen molar-refractivity contribution in [2.24, 2.45) is 22.9 Å². The maximum Gasteiger partial charge on any atom is 0.410 e. The molecular weight excluding hydrogens is 736 g/mol. The molecule has 1 unspecified atom stereocenters. The maximum atomic E-state index is 13.7. The van der Waals surface area contributed by atoms with Crippen molar-refractivity contribution in [2.45, 2.75) is 102 Å². The minimum absolute atomic E-state index is 0.0493. The number of benzene rings is 2. The van der Waals surface area contributed by atoms with E-state index in [4.69, 9.17) is 45.3 Å². The van der Waals surface area contributed by atoms with Gasteiger partial charge in [0.1, 0.15) is 29.9 Å². The summed E-state index contributed by atoms with van der Waals surface area (Å²) in [6.45, 7) is 9.18. The average Bonchev–Trinajstić information content (AvgIpc) is 3.21. The molecule has 2 aliphatic carbocycles. The molecule has 12 heteroatoms. The lowest BCUT2D eigenvalue weighted by molar-refractivity contribution is -0.254. The van der Waals surface area contributed by atoms with Gasteiger partial charge < -0.3 is 43.6 Å². The Morgan fingerprint density at radius 3 is 2.54 bits per heavy atom. The molecule has 2 N–H and O–H groups in total. The minimum atomic E-state index is -1.38. The number of carbonyl (C=O) groups excluding carboxylic acids is 1. The number of ether oxygens (including phenoxy) is 5. The zero-order valence-electron chi connectivity index (χ0n) is 33.1. The molecule has 306 valence electrons. The number of allylic oxidation sites excluding steroid dienone is 1. The van der Waals surface area contributed by atoms with Crippen LogP contribution >= 0.6 is 11.6 Å². The molecule has 2 aromatic carbocycles. The Balaban J connectivity index is 1.55. The van der Waals surface area contributed by atoms with E-state index >= 15 is 0 Å². The van der Waals surface area contributed by atoms with Crippen LogP contribution in [0.4, 0.5) is 4.79 Å². The maximum absolute atomic E-state index is 13.7. The van der Waals surface area contributed by atoms with Crippen molar-refractivity contribution < 1.29 is 43.5 Å². The lowest BCUT2D eigenvalue weighted by Gasteiger charge is -2.59. The van der Waals surface area contributed by atoms with E-state index in [9.17, 15) is 15.0 Å². The third-order valence-corrected chi connectivity index (χ3v) is 12.0. The van der Waals surface area contributed by atoms with E-state index in [-0.39, 0.29) is 56.5 Å². The number of halogens is 1. The molecule has 0 radical (unpaired) electrons. The van der Waals surface area contributed by atoms with Gasteiger partial charge in [-0.25, -0.2) is 4.79 Å². The van der Waals surface area contributed by atoms with Gasteiger partial charge in [0.2, 0.25) is 12.1 Å². The van der Waals surface area contributed by atoms with Gasteiger partial charge in [-0.15, -0.1) is 18.2 Å². The Morgan fingerprint density at radius 1 is 1.05 bits per heavy atom. The number of carbonyl (C=O) groups is 1. The molecule has 0 aromatic heterocycles. The van der Waals surface area contributed by atoms with Gasteiger partial charge in [-0.2, -0.15) is 0 Å². The molecule has 1 saturated heterocycles. The minimum Gasteiger partial charge on any atom is -0.459 e. The Morgan fingerprint density at radius 2 is 1.82 bits per heavy atom. The van der Waals surface area contributed by atoms with Crippen LogP contribution in [0, 0.1) is 31.6 Å². The number of likely N-dealkylation sites (N-methyl/N-ethyl adjacent to an activating group) is 1. The van der Waals surface area contributed by atoms with E-state index in [1.54, 1.807) is 18.0 Å². The first-order chi connectivity index (χ1) is 27.2. The fraction of sp³-hybridized carbons (Fsp3) is 0.591. The molecule has 2 aromatic rings. The molecular formula is C44H59ClN2O9. The zero-order valence-corrected chi connectivity index (χ0v) is 33.9. The van der Waals surface area contributed by atoms with E-state index < -0.39 is 30.1 Å². The standard InChI is InChI=1S/C44H59ClN2O9/c1-5-22-53-44-39(47(4)43(50)52-24-19-45)28-37(46-56-40-14-8-11-23-51-40)35-26-31(12-6-9-20-48)34(13-7-10-21-49)41(42(35)44)36-27-33(17-18-38(36)55-44)54-32-16-15-29(2)30(3)25-32/h5,15-18,25-27,31,34,39-42,48-49H,1,6-14,19-24,28H2,2-4H3/t31-,34+,39-,40?,41+,42+,44+/m0/s1. The molecule has 56 heavy (non-hydrogen) atoms. The molecule has 2 heterocycles. The molecule has 11 nitrogen and oxygen atoms in total. The number of aryl methyl sites for hydroxylation is 2. The van der Waals surface area contributed by atoms with Crippen LogP contribution in [0.1, 0.15) is 86.8 Å². The van der Waals surface area contributed by atoms with Gasteiger partial charge in [0.05, 0.1) is 30.7 Å². The summed E-state index contributed by atoms with van der Waals surface area (Å²) in [5.41, 5.74) is 4.95. The smallest absolute Gasteiger partial charge is 0.410 e. The second kappa shape index (κ2) is 19.7. The van der Waals surface area contributed by atoms with Gasteiger partial charge in [0.25, 0.3) is 0 Å². The van der Waals surface area contributed by atoms with E-state index in [0.29, 0.717) is 36.7 Å². The van der Waals surface area contributed by atoms with Crippen molar-refractivity contribution in [3.63, 3.8) is 0 Å². The highest BCUT2D eigenvalue weighted by Gasteiger charge is 2.65. The van der Waals surface area contributed by atoms with Crippen molar-refractivity contribution in [3.8, 4) is 17.2 Å². The molecule has 2 aliphatic heterocycles. The molecule has 4 aliphatic rings. The Kier molecular flexibility index (Phi) is 14.8. The second-order valence-corrected chi connectivity index (χ2v) is 15.8. The highest BCUT2D eigenvalue weighted by molar-refractivity contribution is 6.18. The van der Waals surface area contributed by atoms with Crippen LogP contribution in [0.2, 0.25) is 0 Å². The molecule has 1 saturated carbocycles. The van der Waals surface area contributed by atoms with Crippen LogP contribution in [0.5, 0.6) is 17.2 Å². The summed E-state index contributed by atoms with van der Waals surface area (Å²) < 4.78 is 32.2. The van der Waals surface area contributed by atoms with Gasteiger partial charge in [0, 0.05) is 44.6 Å². The normalized spacial score (nSPS) is 27.3. The summed E-state index contributed by atoms with van der Waals surface area (Å²) in [5, 5.41) is 24.6. The fourth-order valence-electron chi connectivity index (χ4n) is 8.98. The number of aliphatic hydroxyl groups is 2. The van der Waals surface area contributed by atoms with Crippen LogP contribution in [-0.2, 0) is 19.0 Å². The van der Waals surface area contributed by atoms with Crippen LogP contribution in [0.3, 0.4) is 0 Å².